The van der Waals surface area contributed by atoms with Gasteiger partial charge in [0.05, 0.1) is 6.54 Å². The fraction of sp³-hybridized carbons (Fsp3) is 0.750. The highest BCUT2D eigenvalue weighted by Gasteiger charge is 2.08. The molecule has 0 saturated carbocycles. The SMILES string of the molecule is NCC(O)OC(=O)CCCCC(=O)O. The lowest BCUT2D eigenvalue weighted by molar-refractivity contribution is -0.166. The third-order valence-electron chi connectivity index (χ3n) is 1.49. The summed E-state index contributed by atoms with van der Waals surface area (Å²) >= 11 is 0. The van der Waals surface area contributed by atoms with Crippen LogP contribution in [0.3, 0.4) is 0 Å². The van der Waals surface area contributed by atoms with Crippen molar-refractivity contribution < 1.29 is 24.5 Å². The van der Waals surface area contributed by atoms with E-state index in [-0.39, 0.29) is 19.4 Å². The Kier molecular flexibility index (Phi) is 6.69. The van der Waals surface area contributed by atoms with E-state index in [2.05, 4.69) is 4.74 Å². The van der Waals surface area contributed by atoms with Gasteiger partial charge in [-0.1, -0.05) is 0 Å². The summed E-state index contributed by atoms with van der Waals surface area (Å²) in [5, 5.41) is 17.1. The first-order valence-electron chi connectivity index (χ1n) is 4.35. The van der Waals surface area contributed by atoms with Crippen molar-refractivity contribution >= 4 is 11.9 Å². The number of carboxylic acids is 1. The lowest BCUT2D eigenvalue weighted by Gasteiger charge is -2.08. The molecule has 0 saturated heterocycles. The van der Waals surface area contributed by atoms with E-state index in [9.17, 15) is 9.59 Å². The van der Waals surface area contributed by atoms with E-state index < -0.39 is 18.2 Å². The highest BCUT2D eigenvalue weighted by molar-refractivity contribution is 5.69. The molecule has 0 aliphatic heterocycles. The number of nitrogens with two attached hydrogens (primary N) is 1. The number of hydrogen-bond acceptors (Lipinski definition) is 5. The molecule has 0 amide bonds. The van der Waals surface area contributed by atoms with Gasteiger partial charge in [-0.25, -0.2) is 0 Å². The third-order valence-corrected chi connectivity index (χ3v) is 1.49. The summed E-state index contributed by atoms with van der Waals surface area (Å²) in [6, 6.07) is 0. The van der Waals surface area contributed by atoms with Gasteiger partial charge in [-0.05, 0) is 12.8 Å². The zero-order valence-corrected chi connectivity index (χ0v) is 7.81. The van der Waals surface area contributed by atoms with Crippen LogP contribution in [-0.4, -0.2) is 35.0 Å². The van der Waals surface area contributed by atoms with Crippen molar-refractivity contribution in [3.8, 4) is 0 Å². The normalized spacial score (nSPS) is 12.1. The molecule has 0 spiro atoms. The Morgan fingerprint density at radius 3 is 2.36 bits per heavy atom. The van der Waals surface area contributed by atoms with Crippen LogP contribution in [0.1, 0.15) is 25.7 Å². The molecule has 4 N–H and O–H groups in total. The predicted molar refractivity (Wildman–Crippen MR) is 47.3 cm³/mol. The zero-order valence-electron chi connectivity index (χ0n) is 7.81. The second kappa shape index (κ2) is 7.28. The zero-order chi connectivity index (χ0) is 11.0. The van der Waals surface area contributed by atoms with Crippen LogP contribution in [0, 0.1) is 0 Å². The molecular formula is C8H15NO5. The Bertz CT molecular complexity index is 194. The Morgan fingerprint density at radius 2 is 1.86 bits per heavy atom. The first-order chi connectivity index (χ1) is 6.56. The van der Waals surface area contributed by atoms with Crippen LogP contribution in [0.5, 0.6) is 0 Å². The maximum Gasteiger partial charge on any atom is 0.308 e. The Hall–Kier alpha value is -1.14. The molecule has 6 heteroatoms. The molecule has 0 heterocycles. The molecule has 0 aromatic rings. The van der Waals surface area contributed by atoms with Crippen LogP contribution in [0.4, 0.5) is 0 Å². The third kappa shape index (κ3) is 7.51. The van der Waals surface area contributed by atoms with E-state index in [1.165, 1.54) is 0 Å². The molecule has 1 atom stereocenters. The molecule has 0 aromatic carbocycles. The molecule has 0 fully saturated rings. The van der Waals surface area contributed by atoms with Crippen LogP contribution >= 0.6 is 0 Å². The maximum atomic E-state index is 10.9. The molecule has 0 rings (SSSR count). The summed E-state index contributed by atoms with van der Waals surface area (Å²) in [5.74, 6) is -1.45. The molecule has 82 valence electrons. The highest BCUT2D eigenvalue weighted by atomic mass is 16.6. The van der Waals surface area contributed by atoms with Crippen LogP contribution in [0.25, 0.3) is 0 Å². The Balaban J connectivity index is 3.40. The number of aliphatic hydroxyl groups is 1. The van der Waals surface area contributed by atoms with Crippen LogP contribution < -0.4 is 5.73 Å². The van der Waals surface area contributed by atoms with Gasteiger partial charge in [0.25, 0.3) is 0 Å². The molecule has 1 unspecified atom stereocenters. The molecule has 14 heavy (non-hydrogen) atoms. The first-order valence-corrected chi connectivity index (χ1v) is 4.35. The van der Waals surface area contributed by atoms with Crippen molar-refractivity contribution in [1.29, 1.82) is 0 Å². The number of hydrogen-bond donors (Lipinski definition) is 3. The van der Waals surface area contributed by atoms with Crippen molar-refractivity contribution in [2.24, 2.45) is 5.73 Å². The summed E-state index contributed by atoms with van der Waals surface area (Å²) in [4.78, 5) is 21.0. The van der Waals surface area contributed by atoms with Crippen molar-refractivity contribution in [3.63, 3.8) is 0 Å². The Morgan fingerprint density at radius 1 is 1.29 bits per heavy atom. The molecular weight excluding hydrogens is 190 g/mol. The topological polar surface area (TPSA) is 110 Å². The van der Waals surface area contributed by atoms with Crippen molar-refractivity contribution in [2.75, 3.05) is 6.54 Å². The number of aliphatic carboxylic acids is 1. The number of esters is 1. The second-order valence-corrected chi connectivity index (χ2v) is 2.78. The van der Waals surface area contributed by atoms with Gasteiger partial charge in [-0.15, -0.1) is 0 Å². The van der Waals surface area contributed by atoms with Crippen molar-refractivity contribution in [3.05, 3.63) is 0 Å². The fourth-order valence-electron chi connectivity index (χ4n) is 0.804. The minimum absolute atomic E-state index is 0.0344. The van der Waals surface area contributed by atoms with Crippen molar-refractivity contribution in [1.82, 2.24) is 0 Å². The van der Waals surface area contributed by atoms with Gasteiger partial charge in [0, 0.05) is 12.8 Å². The van der Waals surface area contributed by atoms with Crippen molar-refractivity contribution in [2.45, 2.75) is 32.0 Å². The largest absolute Gasteiger partial charge is 0.481 e. The van der Waals surface area contributed by atoms with Crippen LogP contribution in [-0.2, 0) is 14.3 Å². The summed E-state index contributed by atoms with van der Waals surface area (Å²) in [6.07, 6.45) is -0.273. The number of aliphatic hydroxyl groups excluding tert-OH is 1. The monoisotopic (exact) mass is 205 g/mol. The standard InChI is InChI=1S/C8H15NO5/c9-5-8(13)14-7(12)4-2-1-3-6(10)11/h8,13H,1-5,9H2,(H,10,11). The highest BCUT2D eigenvalue weighted by Crippen LogP contribution is 2.02. The van der Waals surface area contributed by atoms with Crippen LogP contribution in [0.2, 0.25) is 0 Å². The number of carboxylic acid groups (broad SMARTS) is 1. The number of rotatable bonds is 7. The Labute approximate surface area is 81.7 Å². The van der Waals surface area contributed by atoms with E-state index >= 15 is 0 Å². The summed E-state index contributed by atoms with van der Waals surface area (Å²) < 4.78 is 4.45. The lowest BCUT2D eigenvalue weighted by atomic mass is 10.2. The lowest BCUT2D eigenvalue weighted by Crippen LogP contribution is -2.25. The van der Waals surface area contributed by atoms with Gasteiger partial charge in [0.2, 0.25) is 6.29 Å². The average molecular weight is 205 g/mol. The number of carbonyl (C=O) groups is 2. The van der Waals surface area contributed by atoms with E-state index in [1.54, 1.807) is 0 Å². The minimum Gasteiger partial charge on any atom is -0.481 e. The molecule has 0 aromatic heterocycles. The van der Waals surface area contributed by atoms with Gasteiger partial charge in [-0.2, -0.15) is 0 Å². The van der Waals surface area contributed by atoms with Gasteiger partial charge in [0.15, 0.2) is 0 Å². The van der Waals surface area contributed by atoms with Gasteiger partial charge in [-0.3, -0.25) is 9.59 Å². The second-order valence-electron chi connectivity index (χ2n) is 2.78. The molecule has 0 aliphatic carbocycles. The van der Waals surface area contributed by atoms with E-state index in [4.69, 9.17) is 15.9 Å². The molecule has 0 bridgehead atoms. The molecule has 0 radical (unpaired) electrons. The summed E-state index contributed by atoms with van der Waals surface area (Å²) in [6.45, 7) is -0.138. The summed E-state index contributed by atoms with van der Waals surface area (Å²) in [5.41, 5.74) is 5.01. The molecule has 6 nitrogen and oxygen atoms in total. The van der Waals surface area contributed by atoms with E-state index in [1.807, 2.05) is 0 Å². The summed E-state index contributed by atoms with van der Waals surface area (Å²) in [7, 11) is 0. The number of carbonyl (C=O) groups excluding carboxylic acids is 1. The number of ether oxygens (including phenoxy) is 1. The predicted octanol–water partition coefficient (Wildman–Crippen LogP) is -0.548. The average Bonchev–Trinajstić information content (AvgIpc) is 2.12. The van der Waals surface area contributed by atoms with Gasteiger partial charge >= 0.3 is 11.9 Å². The smallest absolute Gasteiger partial charge is 0.308 e. The quantitative estimate of drug-likeness (QED) is 0.292. The first kappa shape index (κ1) is 12.9. The van der Waals surface area contributed by atoms with Gasteiger partial charge < -0.3 is 20.7 Å². The fourth-order valence-corrected chi connectivity index (χ4v) is 0.804. The van der Waals surface area contributed by atoms with Gasteiger partial charge in [0.1, 0.15) is 0 Å². The van der Waals surface area contributed by atoms with E-state index in [0.717, 1.165) is 0 Å². The van der Waals surface area contributed by atoms with E-state index in [0.29, 0.717) is 12.8 Å². The van der Waals surface area contributed by atoms with Crippen LogP contribution in [0.15, 0.2) is 0 Å². The maximum absolute atomic E-state index is 10.9. The number of unbranched alkanes of at least 4 members (excludes halogenated alkanes) is 1. The molecule has 0 aliphatic rings. The minimum atomic E-state index is -1.26.